The maximum Gasteiger partial charge on any atom is 0.162 e. The third-order valence-corrected chi connectivity index (χ3v) is 2.38. The Balaban J connectivity index is 2.96. The molecule has 0 bridgehead atoms. The predicted octanol–water partition coefficient (Wildman–Crippen LogP) is 3.39. The second-order valence-corrected chi connectivity index (χ2v) is 5.17. The highest BCUT2D eigenvalue weighted by Gasteiger charge is 2.08. The number of rotatable bonds is 6. The number of benzene rings is 1. The Morgan fingerprint density at radius 1 is 1.05 bits per heavy atom. The van der Waals surface area contributed by atoms with Crippen LogP contribution in [0, 0.1) is 11.8 Å². The molecule has 1 rings (SSSR count). The maximum absolute atomic E-state index is 9.63. The van der Waals surface area contributed by atoms with Crippen LogP contribution in [0.25, 0.3) is 0 Å². The minimum atomic E-state index is -0.998. The van der Waals surface area contributed by atoms with E-state index in [1.807, 2.05) is 18.2 Å². The lowest BCUT2D eigenvalue weighted by Gasteiger charge is -2.12. The highest BCUT2D eigenvalue weighted by molar-refractivity contribution is 5.48. The molecule has 1 aromatic carbocycles. The van der Waals surface area contributed by atoms with Crippen LogP contribution in [0.4, 0.5) is 0 Å². The van der Waals surface area contributed by atoms with Crippen molar-refractivity contribution in [2.75, 3.05) is 13.2 Å². The monoisotopic (exact) mass is 276 g/mol. The summed E-state index contributed by atoms with van der Waals surface area (Å²) in [6.07, 6.45) is 1.89. The van der Waals surface area contributed by atoms with Crippen molar-refractivity contribution < 1.29 is 14.6 Å². The Morgan fingerprint density at radius 2 is 1.65 bits per heavy atom. The van der Waals surface area contributed by atoms with Gasteiger partial charge in [-0.15, -0.1) is 0 Å². The van der Waals surface area contributed by atoms with Crippen molar-refractivity contribution in [3.8, 4) is 23.3 Å². The number of hydrogen-bond acceptors (Lipinski definition) is 3. The molecule has 0 aliphatic rings. The van der Waals surface area contributed by atoms with Crippen molar-refractivity contribution in [1.82, 2.24) is 0 Å². The van der Waals surface area contributed by atoms with Gasteiger partial charge in [-0.05, 0) is 44.9 Å². The molecule has 0 radical (unpaired) electrons. The van der Waals surface area contributed by atoms with E-state index in [0.29, 0.717) is 19.0 Å². The Labute approximate surface area is 121 Å². The van der Waals surface area contributed by atoms with Gasteiger partial charge in [-0.3, -0.25) is 0 Å². The fraction of sp³-hybridized carbons (Fsp3) is 0.529. The Kier molecular flexibility index (Phi) is 6.41. The van der Waals surface area contributed by atoms with Gasteiger partial charge in [0, 0.05) is 5.56 Å². The fourth-order valence-corrected chi connectivity index (χ4v) is 1.47. The Bertz CT molecular complexity index is 475. The molecule has 110 valence electrons. The van der Waals surface area contributed by atoms with Crippen LogP contribution in [0.15, 0.2) is 18.2 Å². The Morgan fingerprint density at radius 3 is 2.20 bits per heavy atom. The molecule has 1 N–H and O–H groups in total. The molecule has 0 spiro atoms. The van der Waals surface area contributed by atoms with Crippen molar-refractivity contribution >= 4 is 0 Å². The van der Waals surface area contributed by atoms with Gasteiger partial charge in [0.25, 0.3) is 0 Å². The van der Waals surface area contributed by atoms with Crippen molar-refractivity contribution in [2.45, 2.75) is 46.1 Å². The quantitative estimate of drug-likeness (QED) is 0.809. The first-order valence-electron chi connectivity index (χ1n) is 7.11. The van der Waals surface area contributed by atoms with Crippen LogP contribution in [-0.2, 0) is 0 Å². The first-order valence-corrected chi connectivity index (χ1v) is 7.11. The second kappa shape index (κ2) is 7.81. The molecule has 3 heteroatoms. The van der Waals surface area contributed by atoms with Crippen LogP contribution in [0.1, 0.15) is 46.1 Å². The molecule has 0 saturated carbocycles. The van der Waals surface area contributed by atoms with E-state index < -0.39 is 5.60 Å². The number of hydrogen-bond donors (Lipinski definition) is 1. The van der Waals surface area contributed by atoms with Crippen LogP contribution in [0.2, 0.25) is 0 Å². The summed E-state index contributed by atoms with van der Waals surface area (Å²) in [4.78, 5) is 0. The largest absolute Gasteiger partial charge is 0.490 e. The van der Waals surface area contributed by atoms with Gasteiger partial charge in [0.05, 0.1) is 13.2 Å². The molecule has 0 atom stereocenters. The van der Waals surface area contributed by atoms with E-state index >= 15 is 0 Å². The molecule has 3 nitrogen and oxygen atoms in total. The molecule has 1 aromatic rings. The smallest absolute Gasteiger partial charge is 0.162 e. The summed E-state index contributed by atoms with van der Waals surface area (Å²) in [6.45, 7) is 8.75. The van der Waals surface area contributed by atoms with Crippen LogP contribution in [0.3, 0.4) is 0 Å². The van der Waals surface area contributed by atoms with Gasteiger partial charge in [-0.1, -0.05) is 25.7 Å². The van der Waals surface area contributed by atoms with Crippen molar-refractivity contribution in [1.29, 1.82) is 0 Å². The van der Waals surface area contributed by atoms with Gasteiger partial charge in [0.1, 0.15) is 5.60 Å². The molecule has 0 aliphatic heterocycles. The summed E-state index contributed by atoms with van der Waals surface area (Å²) in [5, 5.41) is 9.63. The van der Waals surface area contributed by atoms with E-state index in [-0.39, 0.29) is 0 Å². The molecular formula is C17H24O3. The van der Waals surface area contributed by atoms with Gasteiger partial charge in [-0.25, -0.2) is 0 Å². The molecule has 0 unspecified atom stereocenters. The zero-order valence-corrected chi connectivity index (χ0v) is 12.8. The zero-order valence-electron chi connectivity index (χ0n) is 12.8. The summed E-state index contributed by atoms with van der Waals surface area (Å²) < 4.78 is 11.4. The standard InChI is InChI=1S/C17H24O3/c1-5-11-19-15-8-7-14(9-10-17(3,4)18)13-16(15)20-12-6-2/h7-8,13,18H,5-6,11-12H2,1-4H3. The molecule has 0 fully saturated rings. The fourth-order valence-electron chi connectivity index (χ4n) is 1.47. The normalized spacial score (nSPS) is 10.7. The lowest BCUT2D eigenvalue weighted by Crippen LogP contribution is -2.14. The maximum atomic E-state index is 9.63. The van der Waals surface area contributed by atoms with Crippen LogP contribution < -0.4 is 9.47 Å². The van der Waals surface area contributed by atoms with E-state index in [0.717, 1.165) is 24.2 Å². The number of ether oxygens (including phenoxy) is 2. The van der Waals surface area contributed by atoms with E-state index in [2.05, 4.69) is 25.7 Å². The number of aliphatic hydroxyl groups is 1. The third-order valence-electron chi connectivity index (χ3n) is 2.38. The van der Waals surface area contributed by atoms with Crippen molar-refractivity contribution in [3.63, 3.8) is 0 Å². The average Bonchev–Trinajstić information content (AvgIpc) is 2.40. The van der Waals surface area contributed by atoms with Gasteiger partial charge >= 0.3 is 0 Å². The molecule has 0 aliphatic carbocycles. The molecule has 0 amide bonds. The van der Waals surface area contributed by atoms with Crippen molar-refractivity contribution in [2.24, 2.45) is 0 Å². The SMILES string of the molecule is CCCOc1ccc(C#CC(C)(C)O)cc1OCCC. The zero-order chi connectivity index (χ0) is 15.0. The topological polar surface area (TPSA) is 38.7 Å². The highest BCUT2D eigenvalue weighted by Crippen LogP contribution is 2.28. The summed E-state index contributed by atoms with van der Waals surface area (Å²) in [5.74, 6) is 7.20. The van der Waals surface area contributed by atoms with E-state index in [1.165, 1.54) is 0 Å². The van der Waals surface area contributed by atoms with Crippen LogP contribution in [-0.4, -0.2) is 23.9 Å². The molecule has 0 saturated heterocycles. The average molecular weight is 276 g/mol. The highest BCUT2D eigenvalue weighted by atomic mass is 16.5. The predicted molar refractivity (Wildman–Crippen MR) is 81.2 cm³/mol. The van der Waals surface area contributed by atoms with Gasteiger partial charge < -0.3 is 14.6 Å². The van der Waals surface area contributed by atoms with Gasteiger partial charge in [-0.2, -0.15) is 0 Å². The molecule has 0 aromatic heterocycles. The first kappa shape index (κ1) is 16.4. The summed E-state index contributed by atoms with van der Waals surface area (Å²) in [5.41, 5.74) is -0.191. The second-order valence-electron chi connectivity index (χ2n) is 5.17. The Hall–Kier alpha value is -1.66. The van der Waals surface area contributed by atoms with E-state index in [1.54, 1.807) is 13.8 Å². The minimum Gasteiger partial charge on any atom is -0.490 e. The lowest BCUT2D eigenvalue weighted by molar-refractivity contribution is 0.143. The van der Waals surface area contributed by atoms with Crippen LogP contribution in [0.5, 0.6) is 11.5 Å². The molecular weight excluding hydrogens is 252 g/mol. The minimum absolute atomic E-state index is 0.644. The molecule has 20 heavy (non-hydrogen) atoms. The lowest BCUT2D eigenvalue weighted by atomic mass is 10.1. The van der Waals surface area contributed by atoms with E-state index in [4.69, 9.17) is 9.47 Å². The third kappa shape index (κ3) is 5.99. The van der Waals surface area contributed by atoms with E-state index in [9.17, 15) is 5.11 Å². The summed E-state index contributed by atoms with van der Waals surface area (Å²) in [7, 11) is 0. The van der Waals surface area contributed by atoms with Gasteiger partial charge in [0.2, 0.25) is 0 Å². The molecule has 0 heterocycles. The summed E-state index contributed by atoms with van der Waals surface area (Å²) in [6, 6.07) is 5.61. The van der Waals surface area contributed by atoms with Crippen LogP contribution >= 0.6 is 0 Å². The van der Waals surface area contributed by atoms with Gasteiger partial charge in [0.15, 0.2) is 11.5 Å². The van der Waals surface area contributed by atoms with Crippen molar-refractivity contribution in [3.05, 3.63) is 23.8 Å². The first-order chi connectivity index (χ1) is 9.46. The summed E-state index contributed by atoms with van der Waals surface area (Å²) >= 11 is 0.